The molecule has 5 nitrogen and oxygen atoms in total. The molecule has 0 unspecified atom stereocenters. The normalized spacial score (nSPS) is 14.1. The molecule has 1 aliphatic rings. The van der Waals surface area contributed by atoms with Crippen LogP contribution in [-0.4, -0.2) is 31.4 Å². The number of amides is 2. The van der Waals surface area contributed by atoms with Gasteiger partial charge in [-0.3, -0.25) is 9.59 Å². The van der Waals surface area contributed by atoms with E-state index in [0.717, 1.165) is 37.1 Å². The van der Waals surface area contributed by atoms with E-state index in [1.165, 1.54) is 36.9 Å². The molecule has 0 bridgehead atoms. The molecule has 1 saturated heterocycles. The van der Waals surface area contributed by atoms with Crippen LogP contribution in [0.2, 0.25) is 0 Å². The molecule has 0 aliphatic carbocycles. The van der Waals surface area contributed by atoms with Crippen molar-refractivity contribution in [3.8, 4) is 0 Å². The highest BCUT2D eigenvalue weighted by Gasteiger charge is 2.13. The lowest BCUT2D eigenvalue weighted by atomic mass is 10.1. The van der Waals surface area contributed by atoms with E-state index in [-0.39, 0.29) is 0 Å². The molecule has 2 aromatic rings. The maximum Gasteiger partial charge on any atom is 0.313 e. The monoisotopic (exact) mass is 407 g/mol. The number of aryl methyl sites for hydroxylation is 3. The molecule has 2 N–H and O–H groups in total. The Kier molecular flexibility index (Phi) is 7.89. The summed E-state index contributed by atoms with van der Waals surface area (Å²) in [6.07, 6.45) is 6.90. The van der Waals surface area contributed by atoms with Crippen molar-refractivity contribution >= 4 is 23.2 Å². The van der Waals surface area contributed by atoms with Crippen molar-refractivity contribution in [2.75, 3.05) is 29.9 Å². The standard InChI is InChI=1S/C25H33N3O2/c1-19-16-20(2)18-22(17-19)27-25(30)24(29)26-13-7-8-21-9-11-23(12-10-21)28-14-5-3-4-6-15-28/h9-12,16-18H,3-8,13-15H2,1-2H3,(H,26,29)(H,27,30). The molecular weight excluding hydrogens is 374 g/mol. The van der Waals surface area contributed by atoms with Crippen molar-refractivity contribution in [1.82, 2.24) is 5.32 Å². The topological polar surface area (TPSA) is 61.4 Å². The van der Waals surface area contributed by atoms with Crippen LogP contribution in [0.5, 0.6) is 0 Å². The number of anilines is 2. The molecule has 0 atom stereocenters. The molecule has 160 valence electrons. The van der Waals surface area contributed by atoms with E-state index in [1.807, 2.05) is 32.0 Å². The summed E-state index contributed by atoms with van der Waals surface area (Å²) in [5.74, 6) is -1.22. The van der Waals surface area contributed by atoms with Crippen LogP contribution in [0.15, 0.2) is 42.5 Å². The Hall–Kier alpha value is -2.82. The lowest BCUT2D eigenvalue weighted by Gasteiger charge is -2.22. The van der Waals surface area contributed by atoms with Crippen molar-refractivity contribution in [1.29, 1.82) is 0 Å². The highest BCUT2D eigenvalue weighted by atomic mass is 16.2. The molecule has 2 aromatic carbocycles. The first-order chi connectivity index (χ1) is 14.5. The van der Waals surface area contributed by atoms with Gasteiger partial charge in [0, 0.05) is 31.0 Å². The molecule has 0 spiro atoms. The number of benzene rings is 2. The van der Waals surface area contributed by atoms with Crippen LogP contribution in [-0.2, 0) is 16.0 Å². The maximum atomic E-state index is 12.1. The van der Waals surface area contributed by atoms with E-state index in [1.54, 1.807) is 0 Å². The van der Waals surface area contributed by atoms with Crippen LogP contribution < -0.4 is 15.5 Å². The van der Waals surface area contributed by atoms with Gasteiger partial charge in [-0.15, -0.1) is 0 Å². The number of hydrogen-bond acceptors (Lipinski definition) is 3. The van der Waals surface area contributed by atoms with E-state index in [2.05, 4.69) is 39.8 Å². The fourth-order valence-electron chi connectivity index (χ4n) is 4.01. The summed E-state index contributed by atoms with van der Waals surface area (Å²) in [6, 6.07) is 14.5. The Morgan fingerprint density at radius 2 is 1.50 bits per heavy atom. The number of rotatable bonds is 6. The van der Waals surface area contributed by atoms with Crippen LogP contribution in [0.4, 0.5) is 11.4 Å². The third kappa shape index (κ3) is 6.61. The van der Waals surface area contributed by atoms with Gasteiger partial charge in [0.2, 0.25) is 0 Å². The van der Waals surface area contributed by atoms with Gasteiger partial charge in [0.25, 0.3) is 0 Å². The number of carbonyl (C=O) groups excluding carboxylic acids is 2. The number of nitrogens with one attached hydrogen (secondary N) is 2. The largest absolute Gasteiger partial charge is 0.372 e. The lowest BCUT2D eigenvalue weighted by Crippen LogP contribution is -2.36. The molecule has 0 radical (unpaired) electrons. The Balaban J connectivity index is 1.39. The molecule has 2 amide bonds. The summed E-state index contributed by atoms with van der Waals surface area (Å²) in [4.78, 5) is 26.6. The predicted molar refractivity (Wildman–Crippen MR) is 123 cm³/mol. The maximum absolute atomic E-state index is 12.1. The Labute approximate surface area is 179 Å². The SMILES string of the molecule is Cc1cc(C)cc(NC(=O)C(=O)NCCCc2ccc(N3CCCCCC3)cc2)c1. The molecular formula is C25H33N3O2. The van der Waals surface area contributed by atoms with E-state index in [0.29, 0.717) is 12.2 Å². The quantitative estimate of drug-likeness (QED) is 0.552. The fourth-order valence-corrected chi connectivity index (χ4v) is 4.01. The van der Waals surface area contributed by atoms with Gasteiger partial charge in [-0.1, -0.05) is 31.0 Å². The van der Waals surface area contributed by atoms with Crippen molar-refractivity contribution < 1.29 is 9.59 Å². The van der Waals surface area contributed by atoms with Gasteiger partial charge in [-0.05, 0) is 80.5 Å². The second kappa shape index (κ2) is 10.8. The molecule has 1 aliphatic heterocycles. The van der Waals surface area contributed by atoms with E-state index < -0.39 is 11.8 Å². The molecule has 0 aromatic heterocycles. The number of hydrogen-bond donors (Lipinski definition) is 2. The average Bonchev–Trinajstić information content (AvgIpc) is 3.00. The molecule has 1 fully saturated rings. The minimum Gasteiger partial charge on any atom is -0.372 e. The zero-order valence-electron chi connectivity index (χ0n) is 18.2. The van der Waals surface area contributed by atoms with Gasteiger partial charge in [0.15, 0.2) is 0 Å². The summed E-state index contributed by atoms with van der Waals surface area (Å²) >= 11 is 0. The van der Waals surface area contributed by atoms with Gasteiger partial charge in [-0.2, -0.15) is 0 Å². The van der Waals surface area contributed by atoms with Crippen LogP contribution in [0.1, 0.15) is 48.8 Å². The second-order valence-corrected chi connectivity index (χ2v) is 8.26. The summed E-state index contributed by atoms with van der Waals surface area (Å²) in [6.45, 7) is 6.70. The third-order valence-electron chi connectivity index (χ3n) is 5.52. The smallest absolute Gasteiger partial charge is 0.313 e. The zero-order valence-corrected chi connectivity index (χ0v) is 18.2. The summed E-state index contributed by atoms with van der Waals surface area (Å²) in [5.41, 5.74) is 5.30. The lowest BCUT2D eigenvalue weighted by molar-refractivity contribution is -0.136. The van der Waals surface area contributed by atoms with Crippen LogP contribution >= 0.6 is 0 Å². The minimum atomic E-state index is -0.623. The van der Waals surface area contributed by atoms with Gasteiger partial charge in [0.1, 0.15) is 0 Å². The van der Waals surface area contributed by atoms with E-state index >= 15 is 0 Å². The molecule has 5 heteroatoms. The molecule has 30 heavy (non-hydrogen) atoms. The van der Waals surface area contributed by atoms with Gasteiger partial charge < -0.3 is 15.5 Å². The first-order valence-electron chi connectivity index (χ1n) is 11.0. The van der Waals surface area contributed by atoms with Crippen molar-refractivity contribution in [2.24, 2.45) is 0 Å². The van der Waals surface area contributed by atoms with Crippen molar-refractivity contribution in [3.05, 3.63) is 59.2 Å². The first-order valence-corrected chi connectivity index (χ1v) is 11.0. The van der Waals surface area contributed by atoms with Gasteiger partial charge in [0.05, 0.1) is 0 Å². The summed E-state index contributed by atoms with van der Waals surface area (Å²) < 4.78 is 0. The number of nitrogens with zero attached hydrogens (tertiary/aromatic N) is 1. The highest BCUT2D eigenvalue weighted by Crippen LogP contribution is 2.20. The second-order valence-electron chi connectivity index (χ2n) is 8.26. The van der Waals surface area contributed by atoms with Crippen LogP contribution in [0, 0.1) is 13.8 Å². The van der Waals surface area contributed by atoms with Gasteiger partial charge in [-0.25, -0.2) is 0 Å². The Morgan fingerprint density at radius 3 is 2.13 bits per heavy atom. The minimum absolute atomic E-state index is 0.479. The summed E-state index contributed by atoms with van der Waals surface area (Å²) in [5, 5.41) is 5.38. The van der Waals surface area contributed by atoms with E-state index in [4.69, 9.17) is 0 Å². The van der Waals surface area contributed by atoms with Crippen LogP contribution in [0.3, 0.4) is 0 Å². The zero-order chi connectivity index (χ0) is 21.3. The third-order valence-corrected chi connectivity index (χ3v) is 5.52. The molecule has 3 rings (SSSR count). The van der Waals surface area contributed by atoms with E-state index in [9.17, 15) is 9.59 Å². The molecule has 1 heterocycles. The Bertz CT molecular complexity index is 833. The predicted octanol–water partition coefficient (Wildman–Crippen LogP) is 4.37. The highest BCUT2D eigenvalue weighted by molar-refractivity contribution is 6.39. The van der Waals surface area contributed by atoms with Gasteiger partial charge >= 0.3 is 11.8 Å². The fraction of sp³-hybridized carbons (Fsp3) is 0.440. The number of carbonyl (C=O) groups is 2. The van der Waals surface area contributed by atoms with Crippen LogP contribution in [0.25, 0.3) is 0 Å². The average molecular weight is 408 g/mol. The molecule has 0 saturated carbocycles. The first kappa shape index (κ1) is 21.9. The summed E-state index contributed by atoms with van der Waals surface area (Å²) in [7, 11) is 0. The van der Waals surface area contributed by atoms with Crippen molar-refractivity contribution in [2.45, 2.75) is 52.4 Å². The Morgan fingerprint density at radius 1 is 0.867 bits per heavy atom. The van der Waals surface area contributed by atoms with Crippen molar-refractivity contribution in [3.63, 3.8) is 0 Å².